The third-order valence-corrected chi connectivity index (χ3v) is 5.32. The quantitative estimate of drug-likeness (QED) is 0.303. The molecule has 0 aliphatic rings. The lowest BCUT2D eigenvalue weighted by Gasteiger charge is -2.18. The van der Waals surface area contributed by atoms with Gasteiger partial charge in [-0.1, -0.05) is 61.3 Å². The highest BCUT2D eigenvalue weighted by atomic mass is 35.5. The van der Waals surface area contributed by atoms with Gasteiger partial charge in [-0.2, -0.15) is 0 Å². The number of benzene rings is 2. The average Bonchev–Trinajstić information content (AvgIpc) is 3.17. The molecule has 3 rings (SSSR count). The van der Waals surface area contributed by atoms with Crippen molar-refractivity contribution >= 4 is 46.5 Å². The highest BCUT2D eigenvalue weighted by molar-refractivity contribution is 6.31. The van der Waals surface area contributed by atoms with Gasteiger partial charge >= 0.3 is 5.97 Å². The third-order valence-electron chi connectivity index (χ3n) is 4.91. The molecular formula is C24H27Cl2N5O3. The number of halogens is 2. The molecule has 0 aliphatic carbocycles. The molecule has 34 heavy (non-hydrogen) atoms. The molecule has 0 fully saturated rings. The second-order valence-electron chi connectivity index (χ2n) is 9.03. The molecule has 1 heterocycles. The van der Waals surface area contributed by atoms with E-state index in [1.54, 1.807) is 30.3 Å². The van der Waals surface area contributed by atoms with Crippen molar-refractivity contribution in [2.75, 3.05) is 17.2 Å². The first kappa shape index (κ1) is 25.5. The van der Waals surface area contributed by atoms with E-state index in [1.165, 1.54) is 10.9 Å². The largest absolute Gasteiger partial charge is 0.424 e. The van der Waals surface area contributed by atoms with Gasteiger partial charge < -0.3 is 15.4 Å². The Hall–Kier alpha value is -3.10. The van der Waals surface area contributed by atoms with E-state index >= 15 is 0 Å². The lowest BCUT2D eigenvalue weighted by Crippen LogP contribution is -2.23. The molecule has 1 amide bonds. The first-order valence-corrected chi connectivity index (χ1v) is 11.5. The van der Waals surface area contributed by atoms with E-state index in [2.05, 4.69) is 41.7 Å². The summed E-state index contributed by atoms with van der Waals surface area (Å²) in [5.41, 5.74) is 2.45. The predicted molar refractivity (Wildman–Crippen MR) is 134 cm³/mol. The van der Waals surface area contributed by atoms with Crippen LogP contribution in [0.15, 0.2) is 42.6 Å². The summed E-state index contributed by atoms with van der Waals surface area (Å²) in [6.07, 6.45) is 2.54. The van der Waals surface area contributed by atoms with Crippen LogP contribution in [0.2, 0.25) is 10.2 Å². The minimum atomic E-state index is -0.331. The molecule has 0 saturated heterocycles. The van der Waals surface area contributed by atoms with Crippen molar-refractivity contribution in [1.82, 2.24) is 15.0 Å². The highest BCUT2D eigenvalue weighted by Gasteiger charge is 2.17. The number of carbonyl (C=O) groups excluding carboxylic acids is 2. The van der Waals surface area contributed by atoms with Gasteiger partial charge in [-0.25, -0.2) is 4.68 Å². The number of aryl methyl sites for hydroxylation is 1. The SMILES string of the molecule is Cc1cccc(OC(=O)CCC(C)(C)C)c1NCC(=O)Nc1cc(Cl)ccc1-n1cc(Cl)nn1. The fourth-order valence-corrected chi connectivity index (χ4v) is 3.43. The number of para-hydroxylation sites is 1. The van der Waals surface area contributed by atoms with Crippen LogP contribution < -0.4 is 15.4 Å². The second kappa shape index (κ2) is 10.9. The molecule has 2 aromatic carbocycles. The van der Waals surface area contributed by atoms with Gasteiger partial charge in [0.25, 0.3) is 0 Å². The Bertz CT molecular complexity index is 1190. The van der Waals surface area contributed by atoms with Gasteiger partial charge in [-0.05, 0) is 48.6 Å². The van der Waals surface area contributed by atoms with Crippen LogP contribution in [0.1, 0.15) is 39.2 Å². The van der Waals surface area contributed by atoms with Crippen molar-refractivity contribution in [1.29, 1.82) is 0 Å². The van der Waals surface area contributed by atoms with Crippen LogP contribution >= 0.6 is 23.2 Å². The predicted octanol–water partition coefficient (Wildman–Crippen LogP) is 5.66. The number of nitrogens with zero attached hydrogens (tertiary/aromatic N) is 3. The Balaban J connectivity index is 1.69. The average molecular weight is 504 g/mol. The summed E-state index contributed by atoms with van der Waals surface area (Å²) < 4.78 is 7.03. The standard InChI is InChI=1S/C24H27Cl2N5O3/c1-15-6-5-7-19(34-22(33)10-11-24(2,3)4)23(15)27-13-21(32)28-17-12-16(25)8-9-18(17)31-14-20(26)29-30-31/h5-9,12,14,27H,10-11,13H2,1-4H3,(H,28,32). The number of hydrogen-bond donors (Lipinski definition) is 2. The van der Waals surface area contributed by atoms with Crippen LogP contribution in [-0.4, -0.2) is 33.4 Å². The lowest BCUT2D eigenvalue weighted by atomic mass is 9.91. The molecule has 10 heteroatoms. The molecule has 0 aliphatic heterocycles. The van der Waals surface area contributed by atoms with Gasteiger partial charge in [0.2, 0.25) is 5.91 Å². The fraction of sp³-hybridized carbons (Fsp3) is 0.333. The molecule has 0 radical (unpaired) electrons. The number of rotatable bonds is 8. The van der Waals surface area contributed by atoms with E-state index in [-0.39, 0.29) is 29.0 Å². The third kappa shape index (κ3) is 7.20. The summed E-state index contributed by atoms with van der Waals surface area (Å²) in [6, 6.07) is 10.4. The van der Waals surface area contributed by atoms with Crippen molar-refractivity contribution in [2.24, 2.45) is 5.41 Å². The van der Waals surface area contributed by atoms with Crippen molar-refractivity contribution in [2.45, 2.75) is 40.5 Å². The van der Waals surface area contributed by atoms with Gasteiger partial charge in [-0.3, -0.25) is 9.59 Å². The van der Waals surface area contributed by atoms with E-state index < -0.39 is 0 Å². The molecule has 1 aromatic heterocycles. The maximum Gasteiger partial charge on any atom is 0.311 e. The maximum absolute atomic E-state index is 12.7. The van der Waals surface area contributed by atoms with Crippen molar-refractivity contribution in [3.05, 3.63) is 58.3 Å². The maximum atomic E-state index is 12.7. The van der Waals surface area contributed by atoms with E-state index in [1.807, 2.05) is 13.0 Å². The fourth-order valence-electron chi connectivity index (χ4n) is 3.14. The number of ether oxygens (including phenoxy) is 1. The van der Waals surface area contributed by atoms with E-state index in [9.17, 15) is 9.59 Å². The second-order valence-corrected chi connectivity index (χ2v) is 9.86. The topological polar surface area (TPSA) is 98.1 Å². The number of hydrogen-bond acceptors (Lipinski definition) is 6. The normalized spacial score (nSPS) is 11.2. The van der Waals surface area contributed by atoms with Crippen LogP contribution in [0.3, 0.4) is 0 Å². The number of amides is 1. The van der Waals surface area contributed by atoms with Crippen LogP contribution in [0, 0.1) is 12.3 Å². The molecule has 8 nitrogen and oxygen atoms in total. The molecule has 0 spiro atoms. The minimum Gasteiger partial charge on any atom is -0.424 e. The molecule has 0 atom stereocenters. The number of anilines is 2. The summed E-state index contributed by atoms with van der Waals surface area (Å²) in [5.74, 6) is -0.265. The van der Waals surface area contributed by atoms with Gasteiger partial charge in [0.05, 0.1) is 29.8 Å². The zero-order valence-electron chi connectivity index (χ0n) is 19.5. The van der Waals surface area contributed by atoms with Crippen LogP contribution in [0.4, 0.5) is 11.4 Å². The first-order chi connectivity index (χ1) is 16.0. The zero-order chi connectivity index (χ0) is 24.9. The monoisotopic (exact) mass is 503 g/mol. The van der Waals surface area contributed by atoms with Gasteiger partial charge in [0.15, 0.2) is 10.9 Å². The molecular weight excluding hydrogens is 477 g/mol. The smallest absolute Gasteiger partial charge is 0.311 e. The Morgan fingerprint density at radius 3 is 2.59 bits per heavy atom. The number of carbonyl (C=O) groups is 2. The first-order valence-electron chi connectivity index (χ1n) is 10.7. The molecule has 0 saturated carbocycles. The molecule has 3 aromatic rings. The summed E-state index contributed by atoms with van der Waals surface area (Å²) in [4.78, 5) is 25.1. The van der Waals surface area contributed by atoms with E-state index in [0.717, 1.165) is 5.56 Å². The van der Waals surface area contributed by atoms with Crippen LogP contribution in [0.25, 0.3) is 5.69 Å². The summed E-state index contributed by atoms with van der Waals surface area (Å²) >= 11 is 12.0. The highest BCUT2D eigenvalue weighted by Crippen LogP contribution is 2.30. The number of esters is 1. The van der Waals surface area contributed by atoms with E-state index in [0.29, 0.717) is 40.7 Å². The summed E-state index contributed by atoms with van der Waals surface area (Å²) in [7, 11) is 0. The lowest BCUT2D eigenvalue weighted by molar-refractivity contribution is -0.134. The molecule has 2 N–H and O–H groups in total. The van der Waals surface area contributed by atoms with Crippen LogP contribution in [-0.2, 0) is 9.59 Å². The van der Waals surface area contributed by atoms with Gasteiger partial charge in [0, 0.05) is 11.4 Å². The van der Waals surface area contributed by atoms with Crippen molar-refractivity contribution in [3.8, 4) is 11.4 Å². The van der Waals surface area contributed by atoms with Crippen LogP contribution in [0.5, 0.6) is 5.75 Å². The Morgan fingerprint density at radius 1 is 1.15 bits per heavy atom. The minimum absolute atomic E-state index is 0.0293. The van der Waals surface area contributed by atoms with Crippen molar-refractivity contribution < 1.29 is 14.3 Å². The summed E-state index contributed by atoms with van der Waals surface area (Å²) in [5, 5.41) is 14.3. The number of aromatic nitrogens is 3. The molecule has 0 unspecified atom stereocenters. The van der Waals surface area contributed by atoms with Gasteiger partial charge in [0.1, 0.15) is 0 Å². The van der Waals surface area contributed by atoms with E-state index in [4.69, 9.17) is 27.9 Å². The van der Waals surface area contributed by atoms with Gasteiger partial charge in [-0.15, -0.1) is 5.10 Å². The Morgan fingerprint density at radius 2 is 1.91 bits per heavy atom. The van der Waals surface area contributed by atoms with Crippen molar-refractivity contribution in [3.63, 3.8) is 0 Å². The summed E-state index contributed by atoms with van der Waals surface area (Å²) in [6.45, 7) is 8.02. The molecule has 180 valence electrons. The Kier molecular flexibility index (Phi) is 8.17. The number of nitrogens with one attached hydrogen (secondary N) is 2. The molecule has 0 bridgehead atoms. The zero-order valence-corrected chi connectivity index (χ0v) is 21.0. The Labute approximate surface area is 208 Å².